The molecule has 17 heavy (non-hydrogen) atoms. The number of aryl methyl sites for hydroxylation is 2. The maximum absolute atomic E-state index is 12.0. The molecular weight excluding hydrogens is 234 g/mol. The van der Waals surface area contributed by atoms with E-state index in [1.54, 1.807) is 6.07 Å². The van der Waals surface area contributed by atoms with Crippen LogP contribution in [0, 0.1) is 0 Å². The first-order chi connectivity index (χ1) is 8.13. The summed E-state index contributed by atoms with van der Waals surface area (Å²) in [5.74, 6) is 0.155. The quantitative estimate of drug-likeness (QED) is 0.888. The average molecular weight is 253 g/mol. The maximum Gasteiger partial charge on any atom is 0.178 e. The molecule has 0 fully saturated rings. The molecule has 0 unspecified atom stereocenters. The van der Waals surface area contributed by atoms with Gasteiger partial charge >= 0.3 is 0 Å². The van der Waals surface area contributed by atoms with Crippen molar-refractivity contribution in [3.8, 4) is 0 Å². The number of nitrogens with two attached hydrogens (primary N) is 1. The van der Waals surface area contributed by atoms with Gasteiger partial charge in [0.2, 0.25) is 0 Å². The van der Waals surface area contributed by atoms with Crippen molar-refractivity contribution in [2.45, 2.75) is 37.0 Å². The Morgan fingerprint density at radius 1 is 1.12 bits per heavy atom. The molecule has 0 amide bonds. The summed E-state index contributed by atoms with van der Waals surface area (Å²) in [6.07, 6.45) is 5.00. The number of hydrogen-bond acceptors (Lipinski definition) is 3. The van der Waals surface area contributed by atoms with Crippen LogP contribution in [0.15, 0.2) is 23.1 Å². The Hall–Kier alpha value is -0.870. The fourth-order valence-corrected chi connectivity index (χ4v) is 3.67. The van der Waals surface area contributed by atoms with Crippen LogP contribution in [0.2, 0.25) is 0 Å². The molecule has 0 aromatic heterocycles. The lowest BCUT2D eigenvalue weighted by Crippen LogP contribution is -2.12. The molecule has 0 radical (unpaired) electrons. The Labute approximate surface area is 103 Å². The number of sulfone groups is 1. The predicted molar refractivity (Wildman–Crippen MR) is 68.8 cm³/mol. The highest BCUT2D eigenvalue weighted by Crippen LogP contribution is 2.24. The van der Waals surface area contributed by atoms with Crippen LogP contribution in [-0.4, -0.2) is 20.7 Å². The Morgan fingerprint density at radius 3 is 2.53 bits per heavy atom. The summed E-state index contributed by atoms with van der Waals surface area (Å²) in [5, 5.41) is 0. The first-order valence-electron chi connectivity index (χ1n) is 6.18. The number of rotatable bonds is 4. The minimum atomic E-state index is -3.14. The zero-order valence-electron chi connectivity index (χ0n) is 9.98. The van der Waals surface area contributed by atoms with E-state index in [-0.39, 0.29) is 5.75 Å². The molecule has 0 aliphatic heterocycles. The predicted octanol–water partition coefficient (Wildman–Crippen LogP) is 1.69. The summed E-state index contributed by atoms with van der Waals surface area (Å²) in [6.45, 7) is 0.421. The molecule has 2 rings (SSSR count). The number of fused-ring (bicyclic) bond motifs is 1. The van der Waals surface area contributed by atoms with Gasteiger partial charge < -0.3 is 5.73 Å². The Bertz CT molecular complexity index is 494. The number of benzene rings is 1. The van der Waals surface area contributed by atoms with Gasteiger partial charge in [-0.2, -0.15) is 0 Å². The summed E-state index contributed by atoms with van der Waals surface area (Å²) in [4.78, 5) is 0.464. The molecule has 0 atom stereocenters. The van der Waals surface area contributed by atoms with Gasteiger partial charge in [0.1, 0.15) is 0 Å². The zero-order chi connectivity index (χ0) is 12.3. The third-order valence-electron chi connectivity index (χ3n) is 3.30. The molecule has 3 nitrogen and oxygen atoms in total. The molecule has 0 spiro atoms. The molecule has 4 heteroatoms. The van der Waals surface area contributed by atoms with Crippen molar-refractivity contribution in [1.29, 1.82) is 0 Å². The van der Waals surface area contributed by atoms with E-state index in [9.17, 15) is 8.42 Å². The molecule has 0 bridgehead atoms. The zero-order valence-corrected chi connectivity index (χ0v) is 10.8. The van der Waals surface area contributed by atoms with Crippen molar-refractivity contribution in [3.63, 3.8) is 0 Å². The van der Waals surface area contributed by atoms with E-state index in [4.69, 9.17) is 5.73 Å². The summed E-state index contributed by atoms with van der Waals surface area (Å²) < 4.78 is 24.0. The van der Waals surface area contributed by atoms with Crippen LogP contribution >= 0.6 is 0 Å². The fourth-order valence-electron chi connectivity index (χ4n) is 2.29. The van der Waals surface area contributed by atoms with Crippen molar-refractivity contribution < 1.29 is 8.42 Å². The van der Waals surface area contributed by atoms with Gasteiger partial charge in [0.05, 0.1) is 10.6 Å². The molecule has 1 aromatic rings. The summed E-state index contributed by atoms with van der Waals surface area (Å²) in [6, 6.07) is 5.58. The molecule has 1 aliphatic carbocycles. The van der Waals surface area contributed by atoms with Gasteiger partial charge in [0.15, 0.2) is 9.84 Å². The second-order valence-electron chi connectivity index (χ2n) is 4.60. The topological polar surface area (TPSA) is 60.2 Å². The Balaban J connectivity index is 2.27. The SMILES string of the molecule is NCCCS(=O)(=O)c1ccc2c(c1)CCCC2. The van der Waals surface area contributed by atoms with E-state index in [1.165, 1.54) is 24.0 Å². The summed E-state index contributed by atoms with van der Waals surface area (Å²) >= 11 is 0. The molecular formula is C13H19NO2S. The van der Waals surface area contributed by atoms with E-state index in [1.807, 2.05) is 12.1 Å². The third kappa shape index (κ3) is 2.87. The van der Waals surface area contributed by atoms with E-state index in [0.717, 1.165) is 12.8 Å². The van der Waals surface area contributed by atoms with E-state index in [0.29, 0.717) is 17.9 Å². The largest absolute Gasteiger partial charge is 0.330 e. The van der Waals surface area contributed by atoms with Gasteiger partial charge in [-0.15, -0.1) is 0 Å². The molecule has 0 saturated heterocycles. The van der Waals surface area contributed by atoms with Crippen LogP contribution in [0.1, 0.15) is 30.4 Å². The van der Waals surface area contributed by atoms with Crippen molar-refractivity contribution in [3.05, 3.63) is 29.3 Å². The second-order valence-corrected chi connectivity index (χ2v) is 6.71. The highest BCUT2D eigenvalue weighted by molar-refractivity contribution is 7.91. The van der Waals surface area contributed by atoms with Crippen molar-refractivity contribution in [1.82, 2.24) is 0 Å². The van der Waals surface area contributed by atoms with Crippen molar-refractivity contribution in [2.24, 2.45) is 5.73 Å². The monoisotopic (exact) mass is 253 g/mol. The first kappa shape index (κ1) is 12.6. The van der Waals surface area contributed by atoms with Crippen LogP contribution in [0.5, 0.6) is 0 Å². The molecule has 0 heterocycles. The van der Waals surface area contributed by atoms with Crippen LogP contribution < -0.4 is 5.73 Å². The lowest BCUT2D eigenvalue weighted by molar-refractivity contribution is 0.593. The molecule has 94 valence electrons. The lowest BCUT2D eigenvalue weighted by atomic mass is 9.92. The van der Waals surface area contributed by atoms with Crippen LogP contribution in [0.4, 0.5) is 0 Å². The van der Waals surface area contributed by atoms with Crippen LogP contribution in [0.25, 0.3) is 0 Å². The highest BCUT2D eigenvalue weighted by atomic mass is 32.2. The van der Waals surface area contributed by atoms with Gasteiger partial charge in [-0.25, -0.2) is 8.42 Å². The fraction of sp³-hybridized carbons (Fsp3) is 0.538. The lowest BCUT2D eigenvalue weighted by Gasteiger charge is -2.16. The van der Waals surface area contributed by atoms with Gasteiger partial charge in [-0.3, -0.25) is 0 Å². The molecule has 1 aromatic carbocycles. The standard InChI is InChI=1S/C13H19NO2S/c14-8-3-9-17(15,16)13-7-6-11-4-1-2-5-12(11)10-13/h6-7,10H,1-5,8-9,14H2. The maximum atomic E-state index is 12.0. The second kappa shape index (κ2) is 5.19. The smallest absolute Gasteiger partial charge is 0.178 e. The Morgan fingerprint density at radius 2 is 1.82 bits per heavy atom. The molecule has 2 N–H and O–H groups in total. The van der Waals surface area contributed by atoms with Crippen molar-refractivity contribution in [2.75, 3.05) is 12.3 Å². The van der Waals surface area contributed by atoms with E-state index >= 15 is 0 Å². The Kier molecular flexibility index (Phi) is 3.84. The van der Waals surface area contributed by atoms with E-state index < -0.39 is 9.84 Å². The van der Waals surface area contributed by atoms with Crippen LogP contribution in [-0.2, 0) is 22.7 Å². The molecule has 0 saturated carbocycles. The highest BCUT2D eigenvalue weighted by Gasteiger charge is 2.17. The van der Waals surface area contributed by atoms with Gasteiger partial charge in [0, 0.05) is 0 Å². The third-order valence-corrected chi connectivity index (χ3v) is 5.09. The molecule has 1 aliphatic rings. The van der Waals surface area contributed by atoms with Gasteiger partial charge in [-0.05, 0) is 61.9 Å². The van der Waals surface area contributed by atoms with Gasteiger partial charge in [-0.1, -0.05) is 6.07 Å². The minimum Gasteiger partial charge on any atom is -0.330 e. The van der Waals surface area contributed by atoms with E-state index in [2.05, 4.69) is 0 Å². The van der Waals surface area contributed by atoms with Gasteiger partial charge in [0.25, 0.3) is 0 Å². The minimum absolute atomic E-state index is 0.155. The summed E-state index contributed by atoms with van der Waals surface area (Å²) in [5.41, 5.74) is 7.89. The normalized spacial score (nSPS) is 15.6. The van der Waals surface area contributed by atoms with Crippen LogP contribution in [0.3, 0.4) is 0 Å². The van der Waals surface area contributed by atoms with Crippen molar-refractivity contribution >= 4 is 9.84 Å². The summed E-state index contributed by atoms with van der Waals surface area (Å²) in [7, 11) is -3.14. The number of hydrogen-bond donors (Lipinski definition) is 1. The first-order valence-corrected chi connectivity index (χ1v) is 7.83. The average Bonchev–Trinajstić information content (AvgIpc) is 2.36.